The molecule has 0 saturated heterocycles. The fourth-order valence-corrected chi connectivity index (χ4v) is 12.7. The van der Waals surface area contributed by atoms with Gasteiger partial charge in [-0.05, 0) is 137 Å². The molecule has 0 N–H and O–H groups in total. The highest BCUT2D eigenvalue weighted by Gasteiger charge is 2.21. The normalized spacial score (nSPS) is 11.7. The van der Waals surface area contributed by atoms with Crippen LogP contribution < -0.4 is 9.80 Å². The van der Waals surface area contributed by atoms with Gasteiger partial charge < -0.3 is 14.2 Å². The molecule has 0 saturated carbocycles. The number of para-hydroxylation sites is 2. The second-order valence-electron chi connectivity index (χ2n) is 18.1. The van der Waals surface area contributed by atoms with E-state index in [1.165, 1.54) is 68.3 Å². The molecule has 11 aromatic carbocycles. The third-order valence-electron chi connectivity index (χ3n) is 13.9. The topological polar surface area (TPSA) is 19.6 Å². The first kappa shape index (κ1) is 41.3. The molecule has 0 spiro atoms. The summed E-state index contributed by atoms with van der Waals surface area (Å²) in [6.45, 7) is 0. The van der Waals surface area contributed by atoms with Gasteiger partial charge in [0.2, 0.25) is 0 Å². The lowest BCUT2D eigenvalue weighted by atomic mass is 10.0. The average molecular weight is 943 g/mol. The Morgan fingerprint density at radius 2 is 0.732 bits per heavy atom. The van der Waals surface area contributed by atoms with Crippen LogP contribution in [-0.4, -0.2) is 0 Å². The first-order chi connectivity index (χ1) is 35.2. The fraction of sp³-hybridized carbons (Fsp3) is 0. The summed E-state index contributed by atoms with van der Waals surface area (Å²) < 4.78 is 11.2. The van der Waals surface area contributed by atoms with Crippen molar-refractivity contribution in [1.29, 1.82) is 0 Å². The highest BCUT2D eigenvalue weighted by atomic mass is 32.1. The van der Waals surface area contributed by atoms with Crippen LogP contribution >= 0.6 is 22.7 Å². The fourth-order valence-electron chi connectivity index (χ4n) is 10.4. The molecule has 334 valence electrons. The van der Waals surface area contributed by atoms with Crippen LogP contribution in [0.2, 0.25) is 0 Å². The molecule has 3 nitrogen and oxygen atoms in total. The Balaban J connectivity index is 0.814. The number of rotatable bonds is 9. The van der Waals surface area contributed by atoms with Gasteiger partial charge >= 0.3 is 0 Å². The number of anilines is 6. The van der Waals surface area contributed by atoms with Crippen molar-refractivity contribution in [1.82, 2.24) is 0 Å². The van der Waals surface area contributed by atoms with E-state index in [1.807, 2.05) is 34.8 Å². The molecule has 3 aromatic heterocycles. The number of benzene rings is 11. The summed E-state index contributed by atoms with van der Waals surface area (Å²) in [7, 11) is 0. The summed E-state index contributed by atoms with van der Waals surface area (Å²) in [5.74, 6) is 0. The summed E-state index contributed by atoms with van der Waals surface area (Å²) in [5.41, 5.74) is 15.6. The lowest BCUT2D eigenvalue weighted by molar-refractivity contribution is 0.669. The Kier molecular flexibility index (Phi) is 9.90. The van der Waals surface area contributed by atoms with E-state index in [9.17, 15) is 0 Å². The third-order valence-corrected chi connectivity index (χ3v) is 16.1. The summed E-state index contributed by atoms with van der Waals surface area (Å²) in [6.07, 6.45) is 0. The third kappa shape index (κ3) is 7.25. The maximum absolute atomic E-state index is 6.12. The zero-order valence-corrected chi connectivity index (χ0v) is 40.0. The lowest BCUT2D eigenvalue weighted by Crippen LogP contribution is -2.10. The molecule has 0 atom stereocenters. The van der Waals surface area contributed by atoms with E-state index in [1.54, 1.807) is 0 Å². The molecule has 14 aromatic rings. The Morgan fingerprint density at radius 3 is 1.48 bits per heavy atom. The number of hydrogen-bond acceptors (Lipinski definition) is 5. The number of furan rings is 1. The van der Waals surface area contributed by atoms with Gasteiger partial charge in [-0.2, -0.15) is 0 Å². The predicted molar refractivity (Wildman–Crippen MR) is 305 cm³/mol. The van der Waals surface area contributed by atoms with Crippen LogP contribution in [0.5, 0.6) is 0 Å². The van der Waals surface area contributed by atoms with Crippen molar-refractivity contribution in [3.63, 3.8) is 0 Å². The zero-order valence-electron chi connectivity index (χ0n) is 38.4. The van der Waals surface area contributed by atoms with Gasteiger partial charge in [0.05, 0.1) is 5.69 Å². The molecule has 5 heteroatoms. The molecule has 0 radical (unpaired) electrons. The van der Waals surface area contributed by atoms with E-state index in [0.29, 0.717) is 0 Å². The second kappa shape index (κ2) is 17.0. The molecule has 0 aliphatic carbocycles. The van der Waals surface area contributed by atoms with E-state index in [4.69, 9.17) is 4.42 Å². The molecule has 14 rings (SSSR count). The van der Waals surface area contributed by atoms with Crippen molar-refractivity contribution in [3.05, 3.63) is 255 Å². The summed E-state index contributed by atoms with van der Waals surface area (Å²) in [6, 6.07) is 92.4. The van der Waals surface area contributed by atoms with Crippen molar-refractivity contribution < 1.29 is 4.42 Å². The highest BCUT2D eigenvalue weighted by Crippen LogP contribution is 2.48. The summed E-state index contributed by atoms with van der Waals surface area (Å²) >= 11 is 3.72. The molecular formula is C66H42N2OS2. The minimum absolute atomic E-state index is 0.907. The summed E-state index contributed by atoms with van der Waals surface area (Å²) in [4.78, 5) is 4.78. The maximum atomic E-state index is 6.12. The number of thiophene rings is 2. The van der Waals surface area contributed by atoms with Crippen molar-refractivity contribution in [2.75, 3.05) is 9.80 Å². The van der Waals surface area contributed by atoms with Crippen molar-refractivity contribution >= 4 is 119 Å². The standard InChI is InChI=1S/C66H42N2OS2/c1-3-12-43(13-4-1)44-22-34-52(35-23-44)68(53-36-38-56-55-17-8-10-20-62(55)70-65(56)42-53)59-18-11-21-63-66(59)57-37-28-48(41-64(57)71-63)46-26-32-51(33-27-46)67(49-14-5-2-6-15-49)50-30-24-45(25-31-50)47-29-39-61-58(40-47)54-16-7-9-19-60(54)69-61/h1-42H. The van der Waals surface area contributed by atoms with Gasteiger partial charge in [-0.1, -0.05) is 152 Å². The Bertz CT molecular complexity index is 4270. The van der Waals surface area contributed by atoms with Gasteiger partial charge in [-0.15, -0.1) is 22.7 Å². The van der Waals surface area contributed by atoms with Gasteiger partial charge in [0.25, 0.3) is 0 Å². The largest absolute Gasteiger partial charge is 0.456 e. The minimum Gasteiger partial charge on any atom is -0.456 e. The molecule has 3 heterocycles. The van der Waals surface area contributed by atoms with Crippen molar-refractivity contribution in [3.8, 4) is 33.4 Å². The zero-order chi connectivity index (χ0) is 46.8. The number of fused-ring (bicyclic) bond motifs is 9. The van der Waals surface area contributed by atoms with E-state index >= 15 is 0 Å². The maximum Gasteiger partial charge on any atom is 0.135 e. The van der Waals surface area contributed by atoms with Crippen LogP contribution in [-0.2, 0) is 0 Å². The molecule has 0 aliphatic heterocycles. The van der Waals surface area contributed by atoms with Gasteiger partial charge in [-0.3, -0.25) is 0 Å². The molecule has 0 unspecified atom stereocenters. The minimum atomic E-state index is 0.907. The monoisotopic (exact) mass is 942 g/mol. The Hall–Kier alpha value is -8.74. The van der Waals surface area contributed by atoms with Crippen molar-refractivity contribution in [2.45, 2.75) is 0 Å². The summed E-state index contributed by atoms with van der Waals surface area (Å²) in [5, 5.41) is 7.39. The number of nitrogens with zero attached hydrogens (tertiary/aromatic N) is 2. The van der Waals surface area contributed by atoms with E-state index in [-0.39, 0.29) is 0 Å². The first-order valence-corrected chi connectivity index (χ1v) is 25.6. The average Bonchev–Trinajstić information content (AvgIpc) is 4.13. The number of hydrogen-bond donors (Lipinski definition) is 0. The Labute approximate surface area is 419 Å². The Morgan fingerprint density at radius 1 is 0.254 bits per heavy atom. The molecule has 0 amide bonds. The van der Waals surface area contributed by atoms with Crippen LogP contribution in [0.15, 0.2) is 259 Å². The molecule has 0 bridgehead atoms. The van der Waals surface area contributed by atoms with Crippen LogP contribution in [0.25, 0.3) is 95.7 Å². The van der Waals surface area contributed by atoms with E-state index in [2.05, 4.69) is 252 Å². The highest BCUT2D eigenvalue weighted by molar-refractivity contribution is 7.26. The molecule has 0 fully saturated rings. The first-order valence-electron chi connectivity index (χ1n) is 24.0. The second-order valence-corrected chi connectivity index (χ2v) is 20.2. The van der Waals surface area contributed by atoms with Crippen molar-refractivity contribution in [2.24, 2.45) is 0 Å². The van der Waals surface area contributed by atoms with Gasteiger partial charge in [-0.25, -0.2) is 0 Å². The van der Waals surface area contributed by atoms with E-state index < -0.39 is 0 Å². The molecular weight excluding hydrogens is 901 g/mol. The molecule has 71 heavy (non-hydrogen) atoms. The van der Waals surface area contributed by atoms with E-state index in [0.717, 1.165) is 61.5 Å². The van der Waals surface area contributed by atoms with Gasteiger partial charge in [0.1, 0.15) is 11.2 Å². The SMILES string of the molecule is c1ccc(-c2ccc(N(c3ccc4c(c3)sc3ccccc34)c3cccc4sc5cc(-c6ccc(N(c7ccccc7)c7ccc(-c8ccc9oc%10ccccc%10c9c8)cc7)cc6)ccc5c34)cc2)cc1. The van der Waals surface area contributed by atoms with Gasteiger partial charge in [0.15, 0.2) is 0 Å². The van der Waals surface area contributed by atoms with Crippen LogP contribution in [0.4, 0.5) is 34.1 Å². The smallest absolute Gasteiger partial charge is 0.135 e. The predicted octanol–water partition coefficient (Wildman–Crippen LogP) is 20.3. The van der Waals surface area contributed by atoms with Crippen LogP contribution in [0.1, 0.15) is 0 Å². The van der Waals surface area contributed by atoms with Gasteiger partial charge in [0, 0.05) is 79.6 Å². The van der Waals surface area contributed by atoms with Crippen LogP contribution in [0.3, 0.4) is 0 Å². The van der Waals surface area contributed by atoms with Crippen LogP contribution in [0, 0.1) is 0 Å². The lowest BCUT2D eigenvalue weighted by Gasteiger charge is -2.27. The quantitative estimate of drug-likeness (QED) is 0.144. The molecule has 0 aliphatic rings.